The van der Waals surface area contributed by atoms with Crippen LogP contribution in [-0.2, 0) is 19.1 Å². The van der Waals surface area contributed by atoms with Crippen molar-refractivity contribution in [3.63, 3.8) is 0 Å². The third-order valence-electron chi connectivity index (χ3n) is 5.76. The quantitative estimate of drug-likeness (QED) is 0.544. The van der Waals surface area contributed by atoms with E-state index in [1.54, 1.807) is 42.7 Å². The summed E-state index contributed by atoms with van der Waals surface area (Å²) >= 11 is 0. The molecular weight excluding hydrogens is 465 g/mol. The smallest absolute Gasteiger partial charge is 0.355 e. The number of aromatic nitrogens is 2. The van der Waals surface area contributed by atoms with Crippen molar-refractivity contribution in [3.8, 4) is 11.8 Å². The number of nitriles is 1. The minimum atomic E-state index is -1.01. The molecule has 4 rings (SSSR count). The summed E-state index contributed by atoms with van der Waals surface area (Å²) in [7, 11) is 2.30. The summed E-state index contributed by atoms with van der Waals surface area (Å²) in [6, 6.07) is 14.8. The molecule has 0 amide bonds. The Kier molecular flexibility index (Phi) is 6.56. The van der Waals surface area contributed by atoms with Crippen molar-refractivity contribution in [3.05, 3.63) is 101 Å². The van der Waals surface area contributed by atoms with Gasteiger partial charge >= 0.3 is 11.9 Å². The number of hydrogen-bond donors (Lipinski definition) is 1. The Bertz CT molecular complexity index is 1450. The van der Waals surface area contributed by atoms with Crippen molar-refractivity contribution in [1.82, 2.24) is 9.78 Å². The molecule has 0 spiro atoms. The number of anilines is 1. The van der Waals surface area contributed by atoms with Crippen molar-refractivity contribution in [2.45, 2.75) is 12.8 Å². The van der Waals surface area contributed by atoms with Crippen molar-refractivity contribution < 1.29 is 23.5 Å². The monoisotopic (exact) mass is 487 g/mol. The highest BCUT2D eigenvalue weighted by molar-refractivity contribution is 6.06. The van der Waals surface area contributed by atoms with Gasteiger partial charge in [0, 0.05) is 12.3 Å². The molecule has 10 heteroatoms. The first-order chi connectivity index (χ1) is 17.3. The summed E-state index contributed by atoms with van der Waals surface area (Å²) in [5.41, 5.74) is 7.61. The highest BCUT2D eigenvalue weighted by Gasteiger charge is 2.43. The van der Waals surface area contributed by atoms with Gasteiger partial charge in [-0.05, 0) is 30.2 Å². The van der Waals surface area contributed by atoms with E-state index < -0.39 is 23.7 Å². The lowest BCUT2D eigenvalue weighted by atomic mass is 9.81. The number of nitrogens with two attached hydrogens (primary N) is 1. The van der Waals surface area contributed by atoms with Gasteiger partial charge < -0.3 is 15.2 Å². The van der Waals surface area contributed by atoms with Crippen LogP contribution in [-0.4, -0.2) is 35.9 Å². The number of carbonyl (C=O) groups is 2. The summed E-state index contributed by atoms with van der Waals surface area (Å²) in [5.74, 6) is -3.61. The SMILES string of the molecule is COC(=O)C1=C(C(=O)OC)N(c2ccc(-n3cc(C)cn3)c(F)c2)C(N)=C(C#N)C1c1ccccc1. The molecule has 3 aromatic rings. The number of halogens is 1. The Hall–Kier alpha value is -4.91. The van der Waals surface area contributed by atoms with Gasteiger partial charge in [0.15, 0.2) is 5.82 Å². The summed E-state index contributed by atoms with van der Waals surface area (Å²) in [5, 5.41) is 14.2. The molecule has 1 aromatic heterocycles. The lowest BCUT2D eigenvalue weighted by molar-refractivity contribution is -0.139. The second-order valence-electron chi connectivity index (χ2n) is 7.93. The molecule has 1 unspecified atom stereocenters. The fraction of sp³-hybridized carbons (Fsp3) is 0.154. The third-order valence-corrected chi connectivity index (χ3v) is 5.76. The van der Waals surface area contributed by atoms with Gasteiger partial charge in [0.05, 0.1) is 49.2 Å². The Morgan fingerprint density at radius 1 is 1.11 bits per heavy atom. The van der Waals surface area contributed by atoms with Gasteiger partial charge in [-0.1, -0.05) is 30.3 Å². The number of nitrogens with zero attached hydrogens (tertiary/aromatic N) is 4. The molecule has 0 fully saturated rings. The zero-order chi connectivity index (χ0) is 26.0. The molecule has 1 atom stereocenters. The molecule has 182 valence electrons. The van der Waals surface area contributed by atoms with Gasteiger partial charge in [0.1, 0.15) is 17.2 Å². The molecule has 0 bridgehead atoms. The lowest BCUT2D eigenvalue weighted by Crippen LogP contribution is -2.40. The molecule has 0 radical (unpaired) electrons. The van der Waals surface area contributed by atoms with Gasteiger partial charge in [-0.25, -0.2) is 18.7 Å². The van der Waals surface area contributed by atoms with Crippen molar-refractivity contribution in [2.24, 2.45) is 5.73 Å². The van der Waals surface area contributed by atoms with Crippen LogP contribution in [0.1, 0.15) is 17.0 Å². The van der Waals surface area contributed by atoms with E-state index in [-0.39, 0.29) is 34.0 Å². The third kappa shape index (κ3) is 4.07. The van der Waals surface area contributed by atoms with Crippen molar-refractivity contribution >= 4 is 17.6 Å². The van der Waals surface area contributed by atoms with Crippen LogP contribution in [0, 0.1) is 24.1 Å². The largest absolute Gasteiger partial charge is 0.466 e. The lowest BCUT2D eigenvalue weighted by Gasteiger charge is -2.36. The number of benzene rings is 2. The number of aryl methyl sites for hydroxylation is 1. The van der Waals surface area contributed by atoms with E-state index in [1.807, 2.05) is 6.92 Å². The van der Waals surface area contributed by atoms with Crippen LogP contribution in [0.25, 0.3) is 5.69 Å². The Balaban J connectivity index is 1.99. The summed E-state index contributed by atoms with van der Waals surface area (Å²) in [6.45, 7) is 1.82. The standard InChI is InChI=1S/C26H22FN5O4/c1-15-13-30-31(14-15)20-10-9-17(11-19(20)27)32-23(26(34)36-3)22(25(33)35-2)21(18(12-28)24(32)29)16-7-5-4-6-8-16/h4-11,13-14,21H,29H2,1-3H3. The van der Waals surface area contributed by atoms with Crippen molar-refractivity contribution in [1.29, 1.82) is 5.26 Å². The maximum absolute atomic E-state index is 15.2. The molecule has 36 heavy (non-hydrogen) atoms. The van der Waals surface area contributed by atoms with E-state index >= 15 is 4.39 Å². The summed E-state index contributed by atoms with van der Waals surface area (Å²) in [4.78, 5) is 27.3. The van der Waals surface area contributed by atoms with E-state index in [1.165, 1.54) is 16.8 Å². The van der Waals surface area contributed by atoms with Gasteiger partial charge in [-0.15, -0.1) is 0 Å². The fourth-order valence-corrected chi connectivity index (χ4v) is 4.15. The van der Waals surface area contributed by atoms with Crippen LogP contribution in [0.5, 0.6) is 0 Å². The second-order valence-corrected chi connectivity index (χ2v) is 7.93. The number of allylic oxidation sites excluding steroid dienone is 1. The van der Waals surface area contributed by atoms with E-state index in [2.05, 4.69) is 11.2 Å². The van der Waals surface area contributed by atoms with Crippen LogP contribution < -0.4 is 10.6 Å². The number of esters is 2. The minimum Gasteiger partial charge on any atom is -0.466 e. The maximum atomic E-state index is 15.2. The van der Waals surface area contributed by atoms with E-state index in [0.29, 0.717) is 5.56 Å². The zero-order valence-corrected chi connectivity index (χ0v) is 19.7. The molecule has 0 aliphatic carbocycles. The summed E-state index contributed by atoms with van der Waals surface area (Å²) in [6.07, 6.45) is 3.24. The summed E-state index contributed by atoms with van der Waals surface area (Å²) < 4.78 is 26.6. The predicted molar refractivity (Wildman–Crippen MR) is 128 cm³/mol. The molecule has 1 aliphatic rings. The first-order valence-corrected chi connectivity index (χ1v) is 10.8. The molecule has 9 nitrogen and oxygen atoms in total. The Morgan fingerprint density at radius 3 is 2.36 bits per heavy atom. The average Bonchev–Trinajstić information content (AvgIpc) is 3.33. The van der Waals surface area contributed by atoms with Gasteiger partial charge in [0.2, 0.25) is 0 Å². The first kappa shape index (κ1) is 24.2. The molecule has 0 saturated carbocycles. The second kappa shape index (κ2) is 9.76. The fourth-order valence-electron chi connectivity index (χ4n) is 4.15. The number of rotatable bonds is 5. The number of methoxy groups -OCH3 is 2. The first-order valence-electron chi connectivity index (χ1n) is 10.8. The Morgan fingerprint density at radius 2 is 1.81 bits per heavy atom. The van der Waals surface area contributed by atoms with Crippen LogP contribution in [0.15, 0.2) is 83.6 Å². The molecule has 2 N–H and O–H groups in total. The van der Waals surface area contributed by atoms with Crippen molar-refractivity contribution in [2.75, 3.05) is 19.1 Å². The van der Waals surface area contributed by atoms with Crippen LogP contribution in [0.3, 0.4) is 0 Å². The molecule has 2 heterocycles. The molecule has 2 aromatic carbocycles. The van der Waals surface area contributed by atoms with Crippen LogP contribution in [0.2, 0.25) is 0 Å². The zero-order valence-electron chi connectivity index (χ0n) is 19.7. The van der Waals surface area contributed by atoms with E-state index in [9.17, 15) is 14.9 Å². The maximum Gasteiger partial charge on any atom is 0.355 e. The average molecular weight is 487 g/mol. The highest BCUT2D eigenvalue weighted by atomic mass is 19.1. The number of ether oxygens (including phenoxy) is 2. The van der Waals surface area contributed by atoms with Gasteiger partial charge in [0.25, 0.3) is 0 Å². The predicted octanol–water partition coefficient (Wildman–Crippen LogP) is 3.22. The van der Waals surface area contributed by atoms with Gasteiger partial charge in [-0.3, -0.25) is 4.90 Å². The van der Waals surface area contributed by atoms with E-state index in [4.69, 9.17) is 15.2 Å². The molecule has 1 aliphatic heterocycles. The number of carbonyl (C=O) groups excluding carboxylic acids is 2. The topological polar surface area (TPSA) is 123 Å². The highest BCUT2D eigenvalue weighted by Crippen LogP contribution is 2.43. The van der Waals surface area contributed by atoms with E-state index in [0.717, 1.165) is 30.7 Å². The number of hydrogen-bond acceptors (Lipinski definition) is 8. The molecule has 0 saturated heterocycles. The molecular formula is C26H22FN5O4. The normalized spacial score (nSPS) is 15.5. The Labute approximate surface area is 206 Å². The van der Waals surface area contributed by atoms with Crippen LogP contribution in [0.4, 0.5) is 10.1 Å². The minimum absolute atomic E-state index is 0.0126. The van der Waals surface area contributed by atoms with Gasteiger partial charge in [-0.2, -0.15) is 10.4 Å². The van der Waals surface area contributed by atoms with Crippen LogP contribution >= 0.6 is 0 Å².